The number of anilines is 1. The lowest BCUT2D eigenvalue weighted by molar-refractivity contribution is 0.630. The summed E-state index contributed by atoms with van der Waals surface area (Å²) in [5, 5.41) is 4.14. The van der Waals surface area contributed by atoms with E-state index in [1.807, 2.05) is 25.1 Å². The molecule has 1 aromatic carbocycles. The Labute approximate surface area is 132 Å². The van der Waals surface area contributed by atoms with Crippen LogP contribution >= 0.6 is 27.5 Å². The molecule has 1 unspecified atom stereocenters. The highest BCUT2D eigenvalue weighted by Crippen LogP contribution is 2.31. The lowest BCUT2D eigenvalue weighted by Crippen LogP contribution is -2.23. The molecule has 1 atom stereocenters. The standard InChI is InChI=1S/C15H17BrClN3/c1-3-19-14(10-4-5-13(17)12(16)7-10)11-6-9(2)8-20-15(11)18/h4-8,14,19H,3H2,1-2H3,(H2,18,20). The molecule has 0 radical (unpaired) electrons. The van der Waals surface area contributed by atoms with Gasteiger partial charge in [-0.3, -0.25) is 0 Å². The lowest BCUT2D eigenvalue weighted by Gasteiger charge is -2.21. The van der Waals surface area contributed by atoms with Gasteiger partial charge in [-0.2, -0.15) is 0 Å². The molecule has 106 valence electrons. The van der Waals surface area contributed by atoms with Crippen LogP contribution in [0.15, 0.2) is 34.9 Å². The van der Waals surface area contributed by atoms with Crippen molar-refractivity contribution in [1.29, 1.82) is 0 Å². The monoisotopic (exact) mass is 353 g/mol. The van der Waals surface area contributed by atoms with Gasteiger partial charge in [-0.15, -0.1) is 0 Å². The second kappa shape index (κ2) is 6.57. The highest BCUT2D eigenvalue weighted by molar-refractivity contribution is 9.10. The van der Waals surface area contributed by atoms with Crippen LogP contribution in [0.1, 0.15) is 29.7 Å². The van der Waals surface area contributed by atoms with Crippen molar-refractivity contribution in [2.45, 2.75) is 19.9 Å². The molecule has 0 saturated heterocycles. The van der Waals surface area contributed by atoms with Gasteiger partial charge in [-0.25, -0.2) is 4.98 Å². The van der Waals surface area contributed by atoms with E-state index in [4.69, 9.17) is 17.3 Å². The zero-order valence-corrected chi connectivity index (χ0v) is 13.8. The molecule has 0 aliphatic carbocycles. The van der Waals surface area contributed by atoms with Gasteiger partial charge in [0.1, 0.15) is 5.82 Å². The van der Waals surface area contributed by atoms with Crippen LogP contribution in [-0.2, 0) is 0 Å². The van der Waals surface area contributed by atoms with E-state index < -0.39 is 0 Å². The number of hydrogen-bond donors (Lipinski definition) is 2. The van der Waals surface area contributed by atoms with Crippen molar-refractivity contribution < 1.29 is 0 Å². The highest BCUT2D eigenvalue weighted by Gasteiger charge is 2.17. The number of nitrogen functional groups attached to an aromatic ring is 1. The van der Waals surface area contributed by atoms with Crippen molar-refractivity contribution in [1.82, 2.24) is 10.3 Å². The Bertz CT molecular complexity index is 616. The van der Waals surface area contributed by atoms with Crippen LogP contribution in [0.4, 0.5) is 5.82 Å². The van der Waals surface area contributed by atoms with E-state index in [2.05, 4.69) is 39.2 Å². The van der Waals surface area contributed by atoms with Crippen molar-refractivity contribution in [2.24, 2.45) is 0 Å². The smallest absolute Gasteiger partial charge is 0.128 e. The number of rotatable bonds is 4. The Morgan fingerprint density at radius 1 is 1.40 bits per heavy atom. The van der Waals surface area contributed by atoms with Gasteiger partial charge in [-0.1, -0.05) is 24.6 Å². The number of hydrogen-bond acceptors (Lipinski definition) is 3. The average Bonchev–Trinajstić information content (AvgIpc) is 2.42. The summed E-state index contributed by atoms with van der Waals surface area (Å²) in [6.45, 7) is 4.91. The average molecular weight is 355 g/mol. The Kier molecular flexibility index (Phi) is 5.02. The van der Waals surface area contributed by atoms with Crippen LogP contribution in [0, 0.1) is 6.92 Å². The molecule has 0 spiro atoms. The minimum Gasteiger partial charge on any atom is -0.383 e. The Balaban J connectivity index is 2.49. The first-order chi connectivity index (χ1) is 9.52. The summed E-state index contributed by atoms with van der Waals surface area (Å²) in [7, 11) is 0. The molecule has 1 aromatic heterocycles. The van der Waals surface area contributed by atoms with Gasteiger partial charge in [0.15, 0.2) is 0 Å². The summed E-state index contributed by atoms with van der Waals surface area (Å²) in [4.78, 5) is 4.25. The molecule has 0 aliphatic rings. The zero-order valence-electron chi connectivity index (χ0n) is 11.5. The van der Waals surface area contributed by atoms with Gasteiger partial charge >= 0.3 is 0 Å². The summed E-state index contributed by atoms with van der Waals surface area (Å²) >= 11 is 9.52. The first-order valence-corrected chi connectivity index (χ1v) is 7.60. The SMILES string of the molecule is CCNC(c1ccc(Cl)c(Br)c1)c1cc(C)cnc1N. The fourth-order valence-electron chi connectivity index (χ4n) is 2.14. The summed E-state index contributed by atoms with van der Waals surface area (Å²) in [5.41, 5.74) is 9.21. The Hall–Kier alpha value is -1.10. The van der Waals surface area contributed by atoms with E-state index in [-0.39, 0.29) is 6.04 Å². The van der Waals surface area contributed by atoms with E-state index in [0.717, 1.165) is 27.7 Å². The molecule has 3 N–H and O–H groups in total. The Morgan fingerprint density at radius 3 is 2.80 bits per heavy atom. The molecule has 3 nitrogen and oxygen atoms in total. The summed E-state index contributed by atoms with van der Waals surface area (Å²) in [6, 6.07) is 7.96. The zero-order chi connectivity index (χ0) is 14.7. The predicted molar refractivity (Wildman–Crippen MR) is 88.1 cm³/mol. The van der Waals surface area contributed by atoms with Gasteiger partial charge in [0.25, 0.3) is 0 Å². The fourth-order valence-corrected chi connectivity index (χ4v) is 2.65. The maximum atomic E-state index is 6.06. The molecule has 20 heavy (non-hydrogen) atoms. The largest absolute Gasteiger partial charge is 0.383 e. The van der Waals surface area contributed by atoms with Gasteiger partial charge in [0.05, 0.1) is 11.1 Å². The number of nitrogens with one attached hydrogen (secondary N) is 1. The number of halogens is 2. The summed E-state index contributed by atoms with van der Waals surface area (Å²) in [5.74, 6) is 0.549. The van der Waals surface area contributed by atoms with Crippen molar-refractivity contribution >= 4 is 33.3 Å². The number of pyridine rings is 1. The third-order valence-corrected chi connectivity index (χ3v) is 4.30. The fraction of sp³-hybridized carbons (Fsp3) is 0.267. The summed E-state index contributed by atoms with van der Waals surface area (Å²) < 4.78 is 0.874. The van der Waals surface area contributed by atoms with Crippen molar-refractivity contribution in [2.75, 3.05) is 12.3 Å². The first-order valence-electron chi connectivity index (χ1n) is 6.43. The lowest BCUT2D eigenvalue weighted by atomic mass is 9.98. The van der Waals surface area contributed by atoms with Crippen LogP contribution < -0.4 is 11.1 Å². The molecule has 0 bridgehead atoms. The molecule has 2 aromatic rings. The van der Waals surface area contributed by atoms with Crippen LogP contribution in [0.25, 0.3) is 0 Å². The second-order valence-corrected chi connectivity index (χ2v) is 5.91. The van der Waals surface area contributed by atoms with Gasteiger partial charge in [-0.05, 0) is 58.7 Å². The molecular weight excluding hydrogens is 338 g/mol. The Morgan fingerprint density at radius 2 is 2.15 bits per heavy atom. The predicted octanol–water partition coefficient (Wildman–Crippen LogP) is 4.09. The maximum absolute atomic E-state index is 6.06. The maximum Gasteiger partial charge on any atom is 0.128 e. The van der Waals surface area contributed by atoms with Crippen molar-refractivity contribution in [3.8, 4) is 0 Å². The van der Waals surface area contributed by atoms with Crippen molar-refractivity contribution in [3.63, 3.8) is 0 Å². The van der Waals surface area contributed by atoms with E-state index in [0.29, 0.717) is 10.8 Å². The molecule has 5 heteroatoms. The van der Waals surface area contributed by atoms with Crippen LogP contribution in [-0.4, -0.2) is 11.5 Å². The quantitative estimate of drug-likeness (QED) is 0.869. The van der Waals surface area contributed by atoms with Gasteiger partial charge < -0.3 is 11.1 Å². The molecule has 0 saturated carbocycles. The number of aryl methyl sites for hydroxylation is 1. The molecule has 0 amide bonds. The molecule has 0 aliphatic heterocycles. The molecule has 0 fully saturated rings. The molecular formula is C15H17BrClN3. The third-order valence-electron chi connectivity index (χ3n) is 3.08. The highest BCUT2D eigenvalue weighted by atomic mass is 79.9. The normalized spacial score (nSPS) is 12.4. The number of nitrogens with zero attached hydrogens (tertiary/aromatic N) is 1. The number of aromatic nitrogens is 1. The van der Waals surface area contributed by atoms with E-state index in [9.17, 15) is 0 Å². The van der Waals surface area contributed by atoms with Gasteiger partial charge in [0.2, 0.25) is 0 Å². The minimum atomic E-state index is 0.000895. The topological polar surface area (TPSA) is 50.9 Å². The van der Waals surface area contributed by atoms with Crippen LogP contribution in [0.2, 0.25) is 5.02 Å². The van der Waals surface area contributed by atoms with E-state index >= 15 is 0 Å². The third kappa shape index (κ3) is 3.32. The molecule has 2 rings (SSSR count). The minimum absolute atomic E-state index is 0.000895. The summed E-state index contributed by atoms with van der Waals surface area (Å²) in [6.07, 6.45) is 1.78. The van der Waals surface area contributed by atoms with Crippen LogP contribution in [0.5, 0.6) is 0 Å². The second-order valence-electron chi connectivity index (χ2n) is 4.65. The van der Waals surface area contributed by atoms with Gasteiger partial charge in [0, 0.05) is 16.2 Å². The number of nitrogens with two attached hydrogens (primary N) is 1. The van der Waals surface area contributed by atoms with Crippen LogP contribution in [0.3, 0.4) is 0 Å². The molecule has 1 heterocycles. The van der Waals surface area contributed by atoms with E-state index in [1.54, 1.807) is 6.20 Å². The first kappa shape index (κ1) is 15.3. The van der Waals surface area contributed by atoms with Crippen molar-refractivity contribution in [3.05, 3.63) is 56.6 Å². The number of benzene rings is 1. The van der Waals surface area contributed by atoms with E-state index in [1.165, 1.54) is 0 Å².